The van der Waals surface area contributed by atoms with Gasteiger partial charge in [0.05, 0.1) is 17.1 Å². The van der Waals surface area contributed by atoms with E-state index in [4.69, 9.17) is 0 Å². The molecule has 0 spiro atoms. The van der Waals surface area contributed by atoms with E-state index in [1.165, 1.54) is 12.1 Å². The van der Waals surface area contributed by atoms with Crippen molar-refractivity contribution in [1.29, 1.82) is 0 Å². The summed E-state index contributed by atoms with van der Waals surface area (Å²) in [5, 5.41) is 17.2. The molecule has 106 valence electrons. The standard InChI is InChI=1S/C13H22N4O2/c1-5-6-14-12-7-11(17(18)19)8-13(16-12)15-10(4)9(2)3/h7-10H,5-6H2,1-4H3,(H2,14,15,16). The number of hydrogen-bond donors (Lipinski definition) is 2. The highest BCUT2D eigenvalue weighted by Crippen LogP contribution is 2.22. The van der Waals surface area contributed by atoms with Crippen LogP contribution in [0.15, 0.2) is 12.1 Å². The molecule has 0 saturated carbocycles. The van der Waals surface area contributed by atoms with Crippen LogP contribution in [0.4, 0.5) is 17.3 Å². The monoisotopic (exact) mass is 266 g/mol. The van der Waals surface area contributed by atoms with Crippen LogP contribution in [0.2, 0.25) is 0 Å². The van der Waals surface area contributed by atoms with Gasteiger partial charge in [0.15, 0.2) is 0 Å². The van der Waals surface area contributed by atoms with Gasteiger partial charge in [0.25, 0.3) is 5.69 Å². The van der Waals surface area contributed by atoms with Gasteiger partial charge in [-0.2, -0.15) is 0 Å². The Bertz CT molecular complexity index is 435. The maximum absolute atomic E-state index is 10.9. The lowest BCUT2D eigenvalue weighted by Gasteiger charge is -2.18. The van der Waals surface area contributed by atoms with Crippen molar-refractivity contribution < 1.29 is 4.92 Å². The summed E-state index contributed by atoms with van der Waals surface area (Å²) in [7, 11) is 0. The van der Waals surface area contributed by atoms with E-state index in [1.807, 2.05) is 13.8 Å². The lowest BCUT2D eigenvalue weighted by atomic mass is 10.1. The van der Waals surface area contributed by atoms with Crippen molar-refractivity contribution in [2.24, 2.45) is 5.92 Å². The minimum atomic E-state index is -0.399. The number of pyridine rings is 1. The highest BCUT2D eigenvalue weighted by atomic mass is 16.6. The summed E-state index contributed by atoms with van der Waals surface area (Å²) < 4.78 is 0. The summed E-state index contributed by atoms with van der Waals surface area (Å²) in [5.41, 5.74) is 0.0482. The van der Waals surface area contributed by atoms with E-state index >= 15 is 0 Å². The maximum atomic E-state index is 10.9. The Morgan fingerprint density at radius 2 is 1.95 bits per heavy atom. The van der Waals surface area contributed by atoms with Gasteiger partial charge in [-0.1, -0.05) is 20.8 Å². The smallest absolute Gasteiger partial charge is 0.276 e. The quantitative estimate of drug-likeness (QED) is 0.585. The van der Waals surface area contributed by atoms with Crippen molar-refractivity contribution in [1.82, 2.24) is 4.98 Å². The first-order valence-electron chi connectivity index (χ1n) is 6.61. The third-order valence-electron chi connectivity index (χ3n) is 2.95. The van der Waals surface area contributed by atoms with Gasteiger partial charge >= 0.3 is 0 Å². The average molecular weight is 266 g/mol. The Morgan fingerprint density at radius 1 is 1.32 bits per heavy atom. The van der Waals surface area contributed by atoms with E-state index in [-0.39, 0.29) is 11.7 Å². The molecule has 0 aliphatic rings. The largest absolute Gasteiger partial charge is 0.370 e. The Morgan fingerprint density at radius 3 is 2.47 bits per heavy atom. The number of rotatable bonds is 7. The predicted molar refractivity (Wildman–Crippen MR) is 77.6 cm³/mol. The molecule has 0 saturated heterocycles. The Hall–Kier alpha value is -1.85. The van der Waals surface area contributed by atoms with Gasteiger partial charge in [-0.05, 0) is 19.3 Å². The molecule has 0 aliphatic heterocycles. The third kappa shape index (κ3) is 4.73. The minimum absolute atomic E-state index is 0.0482. The van der Waals surface area contributed by atoms with Crippen molar-refractivity contribution in [3.63, 3.8) is 0 Å². The Balaban J connectivity index is 2.95. The fraction of sp³-hybridized carbons (Fsp3) is 0.615. The van der Waals surface area contributed by atoms with Crippen molar-refractivity contribution in [3.05, 3.63) is 22.2 Å². The van der Waals surface area contributed by atoms with Crippen LogP contribution in [-0.4, -0.2) is 22.5 Å². The van der Waals surface area contributed by atoms with E-state index in [2.05, 4.69) is 29.5 Å². The molecule has 1 unspecified atom stereocenters. The average Bonchev–Trinajstić information content (AvgIpc) is 2.35. The molecule has 0 amide bonds. The van der Waals surface area contributed by atoms with Crippen LogP contribution in [0.3, 0.4) is 0 Å². The van der Waals surface area contributed by atoms with Crippen LogP contribution in [0.1, 0.15) is 34.1 Å². The number of nitrogens with zero attached hydrogens (tertiary/aromatic N) is 2. The fourth-order valence-corrected chi connectivity index (χ4v) is 1.44. The minimum Gasteiger partial charge on any atom is -0.370 e. The number of nitro groups is 1. The lowest BCUT2D eigenvalue weighted by Crippen LogP contribution is -2.22. The van der Waals surface area contributed by atoms with E-state index in [1.54, 1.807) is 0 Å². The first-order valence-corrected chi connectivity index (χ1v) is 6.61. The second-order valence-electron chi connectivity index (χ2n) is 4.96. The number of anilines is 2. The van der Waals surface area contributed by atoms with Gasteiger partial charge in [-0.15, -0.1) is 0 Å². The molecule has 0 fully saturated rings. The molecular weight excluding hydrogens is 244 g/mol. The second-order valence-corrected chi connectivity index (χ2v) is 4.96. The topological polar surface area (TPSA) is 80.1 Å². The first kappa shape index (κ1) is 15.2. The number of nitrogens with one attached hydrogen (secondary N) is 2. The molecule has 0 radical (unpaired) electrons. The van der Waals surface area contributed by atoms with Gasteiger partial charge in [0.2, 0.25) is 0 Å². The molecule has 1 aromatic heterocycles. The van der Waals surface area contributed by atoms with E-state index in [0.29, 0.717) is 17.6 Å². The molecule has 2 N–H and O–H groups in total. The summed E-state index contributed by atoms with van der Waals surface area (Å²) in [4.78, 5) is 14.9. The summed E-state index contributed by atoms with van der Waals surface area (Å²) in [6.07, 6.45) is 0.940. The molecular formula is C13H22N4O2. The van der Waals surface area contributed by atoms with Crippen LogP contribution in [0, 0.1) is 16.0 Å². The van der Waals surface area contributed by atoms with Crippen molar-refractivity contribution in [2.75, 3.05) is 17.2 Å². The highest BCUT2D eigenvalue weighted by Gasteiger charge is 2.13. The molecule has 1 atom stereocenters. The van der Waals surface area contributed by atoms with Gasteiger partial charge in [0.1, 0.15) is 11.6 Å². The van der Waals surface area contributed by atoms with Crippen LogP contribution in [0.25, 0.3) is 0 Å². The van der Waals surface area contributed by atoms with Crippen molar-refractivity contribution in [3.8, 4) is 0 Å². The molecule has 1 rings (SSSR count). The van der Waals surface area contributed by atoms with E-state index in [9.17, 15) is 10.1 Å². The van der Waals surface area contributed by atoms with Gasteiger partial charge in [-0.25, -0.2) is 4.98 Å². The van der Waals surface area contributed by atoms with Crippen LogP contribution >= 0.6 is 0 Å². The van der Waals surface area contributed by atoms with E-state index in [0.717, 1.165) is 13.0 Å². The van der Waals surface area contributed by atoms with Crippen LogP contribution in [-0.2, 0) is 0 Å². The Labute approximate surface area is 113 Å². The van der Waals surface area contributed by atoms with Crippen LogP contribution < -0.4 is 10.6 Å². The molecule has 0 aliphatic carbocycles. The highest BCUT2D eigenvalue weighted by molar-refractivity contribution is 5.55. The van der Waals surface area contributed by atoms with Crippen molar-refractivity contribution in [2.45, 2.75) is 40.2 Å². The second kappa shape index (κ2) is 6.92. The maximum Gasteiger partial charge on any atom is 0.276 e. The molecule has 1 heterocycles. The van der Waals surface area contributed by atoms with Gasteiger partial charge in [-0.3, -0.25) is 10.1 Å². The number of aromatic nitrogens is 1. The number of hydrogen-bond acceptors (Lipinski definition) is 5. The Kier molecular flexibility index (Phi) is 5.54. The molecule has 6 nitrogen and oxygen atoms in total. The third-order valence-corrected chi connectivity index (χ3v) is 2.95. The predicted octanol–water partition coefficient (Wildman–Crippen LogP) is 3.27. The summed E-state index contributed by atoms with van der Waals surface area (Å²) >= 11 is 0. The van der Waals surface area contributed by atoms with Crippen molar-refractivity contribution >= 4 is 17.3 Å². The zero-order valence-electron chi connectivity index (χ0n) is 11.9. The molecule has 19 heavy (non-hydrogen) atoms. The first-order chi connectivity index (χ1) is 8.93. The fourth-order valence-electron chi connectivity index (χ4n) is 1.44. The normalized spacial score (nSPS) is 12.3. The summed E-state index contributed by atoms with van der Waals surface area (Å²) in [6, 6.07) is 3.13. The molecule has 0 bridgehead atoms. The SMILES string of the molecule is CCCNc1cc([N+](=O)[O-])cc(NC(C)C(C)C)n1. The zero-order valence-corrected chi connectivity index (χ0v) is 11.9. The van der Waals surface area contributed by atoms with E-state index < -0.39 is 4.92 Å². The van der Waals surface area contributed by atoms with Gasteiger partial charge in [0, 0.05) is 12.6 Å². The summed E-state index contributed by atoms with van der Waals surface area (Å²) in [6.45, 7) is 8.98. The summed E-state index contributed by atoms with van der Waals surface area (Å²) in [5.74, 6) is 1.50. The van der Waals surface area contributed by atoms with Crippen LogP contribution in [0.5, 0.6) is 0 Å². The zero-order chi connectivity index (χ0) is 14.4. The van der Waals surface area contributed by atoms with Gasteiger partial charge < -0.3 is 10.6 Å². The molecule has 0 aromatic carbocycles. The molecule has 6 heteroatoms. The lowest BCUT2D eigenvalue weighted by molar-refractivity contribution is -0.384. The molecule has 1 aromatic rings.